The lowest BCUT2D eigenvalue weighted by Gasteiger charge is -2.26. The van der Waals surface area contributed by atoms with Crippen molar-refractivity contribution in [1.29, 1.82) is 0 Å². The third kappa shape index (κ3) is 4.04. The Morgan fingerprint density at radius 1 is 1.37 bits per heavy atom. The van der Waals surface area contributed by atoms with E-state index >= 15 is 0 Å². The molecule has 0 aliphatic heterocycles. The second-order valence-corrected chi connectivity index (χ2v) is 5.32. The van der Waals surface area contributed by atoms with Crippen molar-refractivity contribution in [3.8, 4) is 0 Å². The summed E-state index contributed by atoms with van der Waals surface area (Å²) < 4.78 is 0. The van der Waals surface area contributed by atoms with Gasteiger partial charge in [-0.2, -0.15) is 0 Å². The summed E-state index contributed by atoms with van der Waals surface area (Å²) in [6.07, 6.45) is 3.55. The summed E-state index contributed by atoms with van der Waals surface area (Å²) in [4.78, 5) is 12.0. The van der Waals surface area contributed by atoms with Crippen LogP contribution in [0.4, 0.5) is 0 Å². The second kappa shape index (κ2) is 6.68. The van der Waals surface area contributed by atoms with Crippen LogP contribution >= 0.6 is 0 Å². The van der Waals surface area contributed by atoms with Gasteiger partial charge in [-0.3, -0.25) is 4.79 Å². The van der Waals surface area contributed by atoms with Crippen LogP contribution in [-0.4, -0.2) is 23.7 Å². The molecule has 2 unspecified atom stereocenters. The number of nitrogens with two attached hydrogens (primary N) is 1. The van der Waals surface area contributed by atoms with Gasteiger partial charge in [0, 0.05) is 6.54 Å². The van der Waals surface area contributed by atoms with Gasteiger partial charge in [0.15, 0.2) is 0 Å². The molecule has 19 heavy (non-hydrogen) atoms. The molecule has 4 nitrogen and oxygen atoms in total. The lowest BCUT2D eigenvalue weighted by molar-refractivity contribution is -0.122. The van der Waals surface area contributed by atoms with Gasteiger partial charge in [-0.1, -0.05) is 36.8 Å². The molecule has 3 atom stereocenters. The number of aliphatic hydroxyl groups excluding tert-OH is 1. The number of carbonyl (C=O) groups excluding carboxylic acids is 1. The van der Waals surface area contributed by atoms with E-state index in [0.717, 1.165) is 31.2 Å². The quantitative estimate of drug-likeness (QED) is 0.766. The number of rotatable bonds is 4. The van der Waals surface area contributed by atoms with E-state index in [0.29, 0.717) is 12.5 Å². The van der Waals surface area contributed by atoms with Crippen LogP contribution in [-0.2, 0) is 4.79 Å². The molecule has 1 amide bonds. The first-order valence-corrected chi connectivity index (χ1v) is 6.93. The molecule has 1 aromatic carbocycles. The summed E-state index contributed by atoms with van der Waals surface area (Å²) in [5.74, 6) is 0.224. The highest BCUT2D eigenvalue weighted by atomic mass is 16.3. The van der Waals surface area contributed by atoms with Crippen LogP contribution < -0.4 is 11.1 Å². The molecular formula is C15H22N2O2. The van der Waals surface area contributed by atoms with Gasteiger partial charge >= 0.3 is 0 Å². The lowest BCUT2D eigenvalue weighted by atomic mass is 9.87. The Kier molecular flexibility index (Phi) is 4.93. The Morgan fingerprint density at radius 2 is 2.11 bits per heavy atom. The highest BCUT2D eigenvalue weighted by molar-refractivity contribution is 5.82. The van der Waals surface area contributed by atoms with Crippen LogP contribution in [0.3, 0.4) is 0 Å². The normalized spacial score (nSPS) is 24.7. The molecule has 0 spiro atoms. The van der Waals surface area contributed by atoms with Crippen LogP contribution in [0.25, 0.3) is 0 Å². The molecule has 4 heteroatoms. The molecule has 1 fully saturated rings. The number of nitrogens with one attached hydrogen (secondary N) is 1. The largest absolute Gasteiger partial charge is 0.393 e. The number of hydrogen-bond donors (Lipinski definition) is 3. The van der Waals surface area contributed by atoms with E-state index in [1.54, 1.807) is 0 Å². The fourth-order valence-electron chi connectivity index (χ4n) is 2.61. The maximum absolute atomic E-state index is 12.0. The van der Waals surface area contributed by atoms with Gasteiger partial charge in [0.2, 0.25) is 5.91 Å². The van der Waals surface area contributed by atoms with E-state index in [-0.39, 0.29) is 12.0 Å². The lowest BCUT2D eigenvalue weighted by Crippen LogP contribution is -2.38. The van der Waals surface area contributed by atoms with Gasteiger partial charge in [-0.15, -0.1) is 0 Å². The number of hydrogen-bond acceptors (Lipinski definition) is 3. The monoisotopic (exact) mass is 262 g/mol. The maximum Gasteiger partial charge on any atom is 0.241 e. The third-order valence-corrected chi connectivity index (χ3v) is 3.76. The van der Waals surface area contributed by atoms with Crippen LogP contribution in [0.5, 0.6) is 0 Å². The Bertz CT molecular complexity index is 408. The summed E-state index contributed by atoms with van der Waals surface area (Å²) in [6.45, 7) is 0.608. The van der Waals surface area contributed by atoms with Crippen molar-refractivity contribution in [1.82, 2.24) is 5.32 Å². The molecule has 2 rings (SSSR count). The molecule has 4 N–H and O–H groups in total. The van der Waals surface area contributed by atoms with Crippen LogP contribution in [0.2, 0.25) is 0 Å². The van der Waals surface area contributed by atoms with E-state index in [9.17, 15) is 9.90 Å². The molecule has 1 aliphatic rings. The van der Waals surface area contributed by atoms with Crippen LogP contribution in [0, 0.1) is 5.92 Å². The van der Waals surface area contributed by atoms with Crippen LogP contribution in [0.15, 0.2) is 30.3 Å². The van der Waals surface area contributed by atoms with E-state index in [2.05, 4.69) is 5.32 Å². The Morgan fingerprint density at radius 3 is 2.79 bits per heavy atom. The molecule has 1 saturated carbocycles. The highest BCUT2D eigenvalue weighted by Crippen LogP contribution is 2.23. The zero-order valence-electron chi connectivity index (χ0n) is 11.1. The average molecular weight is 262 g/mol. The van der Waals surface area contributed by atoms with Gasteiger partial charge in [0.25, 0.3) is 0 Å². The predicted molar refractivity (Wildman–Crippen MR) is 74.3 cm³/mol. The predicted octanol–water partition coefficient (Wildman–Crippen LogP) is 1.35. The van der Waals surface area contributed by atoms with E-state index < -0.39 is 6.04 Å². The first-order valence-electron chi connectivity index (χ1n) is 6.93. The molecular weight excluding hydrogens is 240 g/mol. The number of aliphatic hydroxyl groups is 1. The maximum atomic E-state index is 12.0. The Balaban J connectivity index is 1.81. The van der Waals surface area contributed by atoms with Gasteiger partial charge in [0.1, 0.15) is 6.04 Å². The topological polar surface area (TPSA) is 75.4 Å². The van der Waals surface area contributed by atoms with Gasteiger partial charge in [0.05, 0.1) is 6.10 Å². The molecule has 1 aromatic rings. The van der Waals surface area contributed by atoms with Crippen molar-refractivity contribution < 1.29 is 9.90 Å². The summed E-state index contributed by atoms with van der Waals surface area (Å²) in [6, 6.07) is 8.75. The van der Waals surface area contributed by atoms with E-state index in [1.807, 2.05) is 30.3 Å². The molecule has 104 valence electrons. The summed E-state index contributed by atoms with van der Waals surface area (Å²) in [7, 11) is 0. The smallest absolute Gasteiger partial charge is 0.241 e. The van der Waals surface area contributed by atoms with Crippen molar-refractivity contribution in [3.05, 3.63) is 35.9 Å². The minimum atomic E-state index is -0.616. The Hall–Kier alpha value is -1.39. The molecule has 0 aromatic heterocycles. The molecule has 1 aliphatic carbocycles. The van der Waals surface area contributed by atoms with Gasteiger partial charge < -0.3 is 16.2 Å². The summed E-state index contributed by atoms with van der Waals surface area (Å²) in [5.41, 5.74) is 6.74. The average Bonchev–Trinajstić information content (AvgIpc) is 2.45. The number of amides is 1. The first-order chi connectivity index (χ1) is 9.16. The van der Waals surface area contributed by atoms with E-state index in [4.69, 9.17) is 5.73 Å². The highest BCUT2D eigenvalue weighted by Gasteiger charge is 2.22. The minimum absolute atomic E-state index is 0.147. The van der Waals surface area contributed by atoms with Gasteiger partial charge in [-0.05, 0) is 30.7 Å². The van der Waals surface area contributed by atoms with Crippen molar-refractivity contribution >= 4 is 5.91 Å². The fourth-order valence-corrected chi connectivity index (χ4v) is 2.61. The Labute approximate surface area is 114 Å². The standard InChI is InChI=1S/C15H22N2O2/c16-14(12-6-2-1-3-7-12)15(19)17-10-11-5-4-8-13(18)9-11/h1-3,6-7,11,13-14,18H,4-5,8-10,16H2,(H,17,19)/t11?,13?,14-/m1/s1. The zero-order valence-corrected chi connectivity index (χ0v) is 11.1. The summed E-state index contributed by atoms with van der Waals surface area (Å²) >= 11 is 0. The first kappa shape index (κ1) is 14.0. The second-order valence-electron chi connectivity index (χ2n) is 5.32. The van der Waals surface area contributed by atoms with E-state index in [1.165, 1.54) is 0 Å². The molecule has 0 heterocycles. The molecule has 0 radical (unpaired) electrons. The van der Waals surface area contributed by atoms with Crippen molar-refractivity contribution in [2.45, 2.75) is 37.8 Å². The number of benzene rings is 1. The zero-order chi connectivity index (χ0) is 13.7. The third-order valence-electron chi connectivity index (χ3n) is 3.76. The molecule has 0 saturated heterocycles. The summed E-state index contributed by atoms with van der Waals surface area (Å²) in [5, 5.41) is 12.5. The van der Waals surface area contributed by atoms with Gasteiger partial charge in [-0.25, -0.2) is 0 Å². The number of carbonyl (C=O) groups is 1. The molecule has 0 bridgehead atoms. The SMILES string of the molecule is N[C@@H](C(=O)NCC1CCCC(O)C1)c1ccccc1. The minimum Gasteiger partial charge on any atom is -0.393 e. The van der Waals surface area contributed by atoms with Crippen molar-refractivity contribution in [2.24, 2.45) is 11.7 Å². The van der Waals surface area contributed by atoms with Crippen molar-refractivity contribution in [3.63, 3.8) is 0 Å². The van der Waals surface area contributed by atoms with Crippen LogP contribution in [0.1, 0.15) is 37.3 Å². The fraction of sp³-hybridized carbons (Fsp3) is 0.533. The van der Waals surface area contributed by atoms with Crippen molar-refractivity contribution in [2.75, 3.05) is 6.54 Å².